The van der Waals surface area contributed by atoms with Crippen molar-refractivity contribution in [3.8, 4) is 0 Å². The van der Waals surface area contributed by atoms with E-state index in [0.717, 1.165) is 55.5 Å². The van der Waals surface area contributed by atoms with Crippen LogP contribution < -0.4 is 4.90 Å². The van der Waals surface area contributed by atoms with Crippen LogP contribution in [-0.2, 0) is 0 Å². The van der Waals surface area contributed by atoms with Crippen molar-refractivity contribution < 1.29 is 10.0 Å². The van der Waals surface area contributed by atoms with Crippen molar-refractivity contribution in [1.29, 1.82) is 0 Å². The summed E-state index contributed by atoms with van der Waals surface area (Å²) in [5, 5.41) is 15.6. The molecule has 0 saturated carbocycles. The molecule has 5 nitrogen and oxygen atoms in total. The van der Waals surface area contributed by atoms with Crippen LogP contribution in [0.4, 0.5) is 0 Å². The molecule has 2 saturated heterocycles. The summed E-state index contributed by atoms with van der Waals surface area (Å²) < 4.78 is 0. The fourth-order valence-electron chi connectivity index (χ4n) is 9.84. The Kier molecular flexibility index (Phi) is 6.46. The average Bonchev–Trinajstić information content (AvgIpc) is 3.49. The van der Waals surface area contributed by atoms with Gasteiger partial charge in [0, 0.05) is 35.5 Å². The van der Waals surface area contributed by atoms with E-state index in [-0.39, 0.29) is 11.5 Å². The lowest BCUT2D eigenvalue weighted by Crippen LogP contribution is -3.20. The van der Waals surface area contributed by atoms with E-state index in [1.807, 2.05) is 6.20 Å². The highest BCUT2D eigenvalue weighted by atomic mass is 16.3. The molecule has 41 heavy (non-hydrogen) atoms. The predicted octanol–water partition coefficient (Wildman–Crippen LogP) is 5.44. The first-order chi connectivity index (χ1) is 20.2. The van der Waals surface area contributed by atoms with Gasteiger partial charge in [-0.3, -0.25) is 4.98 Å². The zero-order valence-electron chi connectivity index (χ0n) is 24.3. The molecule has 214 valence electrons. The number of allylic oxidation sites excluding steroid dienone is 4. The largest absolute Gasteiger partial charge is 0.379 e. The van der Waals surface area contributed by atoms with Crippen LogP contribution in [0.5, 0.6) is 0 Å². The Morgan fingerprint density at radius 1 is 0.951 bits per heavy atom. The second-order valence-corrected chi connectivity index (χ2v) is 13.7. The van der Waals surface area contributed by atoms with Crippen LogP contribution in [0.25, 0.3) is 27.4 Å². The number of aromatic nitrogens is 2. The van der Waals surface area contributed by atoms with Crippen LogP contribution in [-0.4, -0.2) is 63.8 Å². The molecule has 0 amide bonds. The number of fused-ring (bicyclic) bond motifs is 5. The van der Waals surface area contributed by atoms with Crippen molar-refractivity contribution in [2.75, 3.05) is 26.2 Å². The number of aliphatic hydroxyl groups is 1. The Balaban J connectivity index is 1.35. The number of pyridine rings is 1. The maximum atomic E-state index is 13.1. The minimum Gasteiger partial charge on any atom is -0.379 e. The summed E-state index contributed by atoms with van der Waals surface area (Å²) in [6.07, 6.45) is 25.5. The molecule has 1 aliphatic carbocycles. The van der Waals surface area contributed by atoms with Gasteiger partial charge in [-0.15, -0.1) is 0 Å². The van der Waals surface area contributed by atoms with E-state index in [2.05, 4.69) is 70.6 Å². The molecule has 2 unspecified atom stereocenters. The van der Waals surface area contributed by atoms with E-state index >= 15 is 0 Å². The number of H-pyrrole nitrogens is 1. The van der Waals surface area contributed by atoms with E-state index in [1.165, 1.54) is 68.0 Å². The molecule has 1 aromatic carbocycles. The first-order valence-corrected chi connectivity index (χ1v) is 16.4. The van der Waals surface area contributed by atoms with Crippen LogP contribution in [0.1, 0.15) is 69.9 Å². The van der Waals surface area contributed by atoms with Crippen molar-refractivity contribution in [3.63, 3.8) is 0 Å². The van der Waals surface area contributed by atoms with E-state index in [4.69, 9.17) is 4.98 Å². The van der Waals surface area contributed by atoms with E-state index in [0.29, 0.717) is 12.0 Å². The number of nitrogens with one attached hydrogen (secondary N) is 2. The number of quaternary nitrogens is 1. The van der Waals surface area contributed by atoms with Crippen molar-refractivity contribution in [3.05, 3.63) is 72.6 Å². The van der Waals surface area contributed by atoms with Gasteiger partial charge >= 0.3 is 0 Å². The number of aromatic amines is 1. The maximum Gasteiger partial charge on any atom is 0.136 e. The first kappa shape index (κ1) is 25.9. The van der Waals surface area contributed by atoms with Crippen LogP contribution in [0.3, 0.4) is 0 Å². The van der Waals surface area contributed by atoms with E-state index in [9.17, 15) is 5.11 Å². The lowest BCUT2D eigenvalue weighted by atomic mass is 9.54. The zero-order valence-corrected chi connectivity index (χ0v) is 24.3. The average molecular weight is 550 g/mol. The van der Waals surface area contributed by atoms with Gasteiger partial charge in [0.2, 0.25) is 0 Å². The molecular weight excluding hydrogens is 504 g/mol. The third kappa shape index (κ3) is 4.18. The summed E-state index contributed by atoms with van der Waals surface area (Å²) >= 11 is 0. The summed E-state index contributed by atoms with van der Waals surface area (Å²) in [4.78, 5) is 13.3. The van der Waals surface area contributed by atoms with Crippen LogP contribution in [0.15, 0.2) is 66.9 Å². The first-order valence-electron chi connectivity index (χ1n) is 16.4. The molecule has 5 heteroatoms. The second kappa shape index (κ2) is 10.2. The SMILES string of the molecule is O[C@]12C=C(c3nccc4c3[nH]c3ccccc34)[C@@H]3CCN(CCCC/C=C\CC1)C[C@@]31C[C@@H]3/C=C\CCCC[NH+]3[C@H]12. The van der Waals surface area contributed by atoms with Crippen molar-refractivity contribution in [2.24, 2.45) is 11.3 Å². The minimum absolute atomic E-state index is 0.0411. The third-order valence-electron chi connectivity index (χ3n) is 11.4. The number of para-hydroxylation sites is 1. The monoisotopic (exact) mass is 549 g/mol. The lowest BCUT2D eigenvalue weighted by molar-refractivity contribution is -0.940. The molecule has 8 rings (SSSR count). The van der Waals surface area contributed by atoms with Gasteiger partial charge in [0.05, 0.1) is 23.2 Å². The Hall–Kier alpha value is -2.73. The van der Waals surface area contributed by atoms with Crippen molar-refractivity contribution in [2.45, 2.75) is 81.9 Å². The highest BCUT2D eigenvalue weighted by Gasteiger charge is 2.68. The number of nitrogens with zero attached hydrogens (tertiary/aromatic N) is 2. The number of hydrogen-bond donors (Lipinski definition) is 3. The minimum atomic E-state index is -0.861. The summed E-state index contributed by atoms with van der Waals surface area (Å²) in [6, 6.07) is 11.5. The Bertz CT molecular complexity index is 1530. The van der Waals surface area contributed by atoms with E-state index < -0.39 is 5.60 Å². The summed E-state index contributed by atoms with van der Waals surface area (Å²) in [5.74, 6) is 0.406. The maximum absolute atomic E-state index is 13.1. The summed E-state index contributed by atoms with van der Waals surface area (Å²) in [6.45, 7) is 4.60. The van der Waals surface area contributed by atoms with Gasteiger partial charge in [0.15, 0.2) is 0 Å². The molecule has 1 spiro atoms. The molecule has 0 radical (unpaired) electrons. The van der Waals surface area contributed by atoms with Crippen LogP contribution >= 0.6 is 0 Å². The second-order valence-electron chi connectivity index (χ2n) is 13.7. The predicted molar refractivity (Wildman–Crippen MR) is 167 cm³/mol. The molecule has 3 bridgehead atoms. The number of rotatable bonds is 1. The zero-order chi connectivity index (χ0) is 27.4. The van der Waals surface area contributed by atoms with Gasteiger partial charge in [-0.2, -0.15) is 0 Å². The van der Waals surface area contributed by atoms with Gasteiger partial charge in [0.25, 0.3) is 0 Å². The third-order valence-corrected chi connectivity index (χ3v) is 11.4. The van der Waals surface area contributed by atoms with Gasteiger partial charge in [-0.25, -0.2) is 0 Å². The molecule has 2 fully saturated rings. The molecular formula is C36H45N4O+. The smallest absolute Gasteiger partial charge is 0.136 e. The highest BCUT2D eigenvalue weighted by Crippen LogP contribution is 2.57. The van der Waals surface area contributed by atoms with Crippen molar-refractivity contribution in [1.82, 2.24) is 14.9 Å². The Morgan fingerprint density at radius 2 is 1.83 bits per heavy atom. The summed E-state index contributed by atoms with van der Waals surface area (Å²) in [7, 11) is 0. The number of piperidine rings is 1. The van der Waals surface area contributed by atoms with Gasteiger partial charge < -0.3 is 19.9 Å². The normalized spacial score (nSPS) is 39.0. The summed E-state index contributed by atoms with van der Waals surface area (Å²) in [5.41, 5.74) is 3.85. The molecule has 2 aromatic heterocycles. The Morgan fingerprint density at radius 3 is 2.80 bits per heavy atom. The molecule has 3 aromatic rings. The fraction of sp³-hybridized carbons (Fsp3) is 0.528. The topological polar surface area (TPSA) is 56.6 Å². The van der Waals surface area contributed by atoms with Crippen LogP contribution in [0.2, 0.25) is 0 Å². The molecule has 5 aliphatic rings. The highest BCUT2D eigenvalue weighted by molar-refractivity contribution is 6.09. The quantitative estimate of drug-likeness (QED) is 0.355. The lowest BCUT2D eigenvalue weighted by Gasteiger charge is -2.55. The van der Waals surface area contributed by atoms with E-state index in [1.54, 1.807) is 4.90 Å². The standard InChI is InChI=1S/C36H44N4O/c41-36-18-10-4-1-2-5-11-20-39-22-17-30(35(25-39)23-26-13-7-3-6-12-21-40(26)34(35)36)29(24-36)32-33-28(16-19-37-32)27-14-8-9-15-31(27)38-33/h1,4,7-9,13-16,19,24,26,30,34,38,41H,2-3,5-6,10-12,17-18,20-23,25H2/p+1/b4-1-,13-7-/t26-,30-,34+,35-,36-/m0/s1. The molecule has 7 atom stereocenters. The number of hydrogen-bond acceptors (Lipinski definition) is 3. The van der Waals surface area contributed by atoms with Gasteiger partial charge in [0.1, 0.15) is 17.7 Å². The fourth-order valence-corrected chi connectivity index (χ4v) is 9.84. The Labute approximate surface area is 244 Å². The van der Waals surface area contributed by atoms with Gasteiger partial charge in [-0.05, 0) is 107 Å². The molecule has 3 N–H and O–H groups in total. The van der Waals surface area contributed by atoms with Crippen molar-refractivity contribution >= 4 is 27.4 Å². The number of benzene rings is 1. The van der Waals surface area contributed by atoms with Gasteiger partial charge in [-0.1, -0.05) is 36.4 Å². The van der Waals surface area contributed by atoms with Crippen LogP contribution in [0, 0.1) is 11.3 Å². The molecule has 4 aliphatic heterocycles. The molecule has 6 heterocycles.